The van der Waals surface area contributed by atoms with E-state index in [1.807, 2.05) is 0 Å². The van der Waals surface area contributed by atoms with Crippen LogP contribution < -0.4 is 0 Å². The Kier molecular flexibility index (Phi) is 60.6. The minimum Gasteiger partial charge on any atom is -0.462 e. The summed E-state index contributed by atoms with van der Waals surface area (Å²) in [6, 6.07) is 0. The topological polar surface area (TPSA) is 78.9 Å². The van der Waals surface area contributed by atoms with Crippen molar-refractivity contribution in [3.8, 4) is 0 Å². The Morgan fingerprint density at radius 2 is 0.452 bits per heavy atom. The van der Waals surface area contributed by atoms with Crippen LogP contribution in [0.3, 0.4) is 0 Å². The van der Waals surface area contributed by atoms with Gasteiger partial charge in [0.25, 0.3) is 0 Å². The lowest BCUT2D eigenvalue weighted by molar-refractivity contribution is -0.167. The molecule has 0 aromatic carbocycles. The summed E-state index contributed by atoms with van der Waals surface area (Å²) in [5.74, 6) is -0.852. The average molecular weight is 1030 g/mol. The average Bonchev–Trinajstić information content (AvgIpc) is 3.39. The Balaban J connectivity index is 4.18. The third-order valence-corrected chi connectivity index (χ3v) is 14.9. The molecule has 0 amide bonds. The molecule has 0 fully saturated rings. The number of ether oxygens (including phenoxy) is 3. The quantitative estimate of drug-likeness (QED) is 0.0261. The molecule has 0 rings (SSSR count). The molecule has 1 unspecified atom stereocenters. The zero-order chi connectivity index (χ0) is 52.9. The van der Waals surface area contributed by atoms with E-state index in [1.54, 1.807) is 0 Å². The van der Waals surface area contributed by atoms with Crippen molar-refractivity contribution in [2.24, 2.45) is 0 Å². The fraction of sp³-hybridized carbons (Fsp3) is 0.896. The zero-order valence-electron chi connectivity index (χ0n) is 49.4. The highest BCUT2D eigenvalue weighted by Crippen LogP contribution is 2.18. The van der Waals surface area contributed by atoms with Crippen LogP contribution in [0.15, 0.2) is 24.3 Å². The van der Waals surface area contributed by atoms with Crippen LogP contribution in [0.5, 0.6) is 0 Å². The molecule has 0 aromatic heterocycles. The minimum absolute atomic E-state index is 0.0690. The first-order valence-electron chi connectivity index (χ1n) is 32.8. The monoisotopic (exact) mass is 1030 g/mol. The van der Waals surface area contributed by atoms with Gasteiger partial charge in [-0.3, -0.25) is 14.4 Å². The number of hydrogen-bond donors (Lipinski definition) is 0. The van der Waals surface area contributed by atoms with E-state index >= 15 is 0 Å². The lowest BCUT2D eigenvalue weighted by atomic mass is 10.0. The molecule has 0 aromatic rings. The number of allylic oxidation sites excluding steroid dienone is 4. The maximum Gasteiger partial charge on any atom is 0.306 e. The summed E-state index contributed by atoms with van der Waals surface area (Å²) in [7, 11) is 0. The molecule has 0 N–H and O–H groups in total. The summed E-state index contributed by atoms with van der Waals surface area (Å²) >= 11 is 0. The summed E-state index contributed by atoms with van der Waals surface area (Å²) in [6.07, 6.45) is 74.8. The molecular formula is C67H126O6. The van der Waals surface area contributed by atoms with Crippen molar-refractivity contribution in [3.63, 3.8) is 0 Å². The number of rotatable bonds is 61. The molecule has 6 heteroatoms. The van der Waals surface area contributed by atoms with Gasteiger partial charge in [-0.2, -0.15) is 0 Å². The van der Waals surface area contributed by atoms with Crippen LogP contribution in [0, 0.1) is 0 Å². The molecule has 0 spiro atoms. The van der Waals surface area contributed by atoms with Crippen LogP contribution in [-0.2, 0) is 28.6 Å². The van der Waals surface area contributed by atoms with Gasteiger partial charge in [0, 0.05) is 19.3 Å². The number of unbranched alkanes of at least 4 members (excludes halogenated alkanes) is 46. The first kappa shape index (κ1) is 70.9. The van der Waals surface area contributed by atoms with Gasteiger partial charge < -0.3 is 14.2 Å². The third-order valence-electron chi connectivity index (χ3n) is 14.9. The molecule has 1 atom stereocenters. The van der Waals surface area contributed by atoms with Gasteiger partial charge in [-0.05, 0) is 70.6 Å². The number of hydrogen-bond acceptors (Lipinski definition) is 6. The van der Waals surface area contributed by atoms with E-state index in [2.05, 4.69) is 45.1 Å². The Morgan fingerprint density at radius 3 is 0.685 bits per heavy atom. The van der Waals surface area contributed by atoms with E-state index in [9.17, 15) is 14.4 Å². The van der Waals surface area contributed by atoms with Crippen LogP contribution in [0.1, 0.15) is 367 Å². The lowest BCUT2D eigenvalue weighted by Gasteiger charge is -2.18. The van der Waals surface area contributed by atoms with Gasteiger partial charge >= 0.3 is 17.9 Å². The molecule has 0 bridgehead atoms. The first-order valence-corrected chi connectivity index (χ1v) is 32.8. The highest BCUT2D eigenvalue weighted by atomic mass is 16.6. The molecular weight excluding hydrogens is 901 g/mol. The van der Waals surface area contributed by atoms with Crippen LogP contribution in [0.25, 0.3) is 0 Å². The molecule has 430 valence electrons. The Morgan fingerprint density at radius 1 is 0.260 bits per heavy atom. The molecule has 0 radical (unpaired) electrons. The predicted molar refractivity (Wildman–Crippen MR) is 316 cm³/mol. The summed E-state index contributed by atoms with van der Waals surface area (Å²) in [4.78, 5) is 38.3. The van der Waals surface area contributed by atoms with Crippen LogP contribution in [0.2, 0.25) is 0 Å². The van der Waals surface area contributed by atoms with Crippen molar-refractivity contribution in [1.82, 2.24) is 0 Å². The molecule has 0 aliphatic heterocycles. The van der Waals surface area contributed by atoms with Crippen molar-refractivity contribution in [2.45, 2.75) is 374 Å². The van der Waals surface area contributed by atoms with Gasteiger partial charge in [-0.25, -0.2) is 0 Å². The molecule has 0 aliphatic rings. The van der Waals surface area contributed by atoms with E-state index < -0.39 is 6.10 Å². The predicted octanol–water partition coefficient (Wildman–Crippen LogP) is 22.2. The van der Waals surface area contributed by atoms with E-state index in [1.165, 1.54) is 263 Å². The van der Waals surface area contributed by atoms with Gasteiger partial charge in [0.15, 0.2) is 6.10 Å². The minimum atomic E-state index is -0.771. The second kappa shape index (κ2) is 62.4. The second-order valence-corrected chi connectivity index (χ2v) is 22.4. The van der Waals surface area contributed by atoms with Crippen molar-refractivity contribution in [2.75, 3.05) is 13.2 Å². The second-order valence-electron chi connectivity index (χ2n) is 22.4. The Hall–Kier alpha value is -2.11. The SMILES string of the molecule is CCCCCCCC/C=C\CCCCCCCC(=O)OC(COC(=O)CCCCCCCCCCCCCCC)COC(=O)CCCCCCCCCCCCCCCCC/C=C\CCCCCCCCCC. The largest absolute Gasteiger partial charge is 0.462 e. The molecule has 6 nitrogen and oxygen atoms in total. The molecule has 0 saturated carbocycles. The highest BCUT2D eigenvalue weighted by Gasteiger charge is 2.19. The summed E-state index contributed by atoms with van der Waals surface area (Å²) < 4.78 is 16.9. The lowest BCUT2D eigenvalue weighted by Crippen LogP contribution is -2.30. The van der Waals surface area contributed by atoms with Crippen molar-refractivity contribution >= 4 is 17.9 Å². The number of carbonyl (C=O) groups is 3. The van der Waals surface area contributed by atoms with Crippen molar-refractivity contribution in [3.05, 3.63) is 24.3 Å². The molecule has 0 aliphatic carbocycles. The van der Waals surface area contributed by atoms with Crippen molar-refractivity contribution < 1.29 is 28.6 Å². The van der Waals surface area contributed by atoms with Gasteiger partial charge in [0.2, 0.25) is 0 Å². The standard InChI is InChI=1S/C67H126O6/c1-4-7-10-13-16-19-22-25-27-28-29-30-31-32-33-34-35-36-37-38-40-42-45-48-51-54-57-60-66(69)72-63-64(62-71-65(68)59-56-53-50-47-44-41-24-21-18-15-12-9-6-3)73-67(70)61-58-55-52-49-46-43-39-26-23-20-17-14-11-8-5-2/h26,28-29,39,64H,4-25,27,30-38,40-63H2,1-3H3/b29-28-,39-26-. The summed E-state index contributed by atoms with van der Waals surface area (Å²) in [5.41, 5.74) is 0. The van der Waals surface area contributed by atoms with Crippen LogP contribution >= 0.6 is 0 Å². The normalized spacial score (nSPS) is 12.1. The smallest absolute Gasteiger partial charge is 0.306 e. The molecule has 0 heterocycles. The molecule has 0 saturated heterocycles. The maximum absolute atomic E-state index is 12.9. The van der Waals surface area contributed by atoms with Gasteiger partial charge in [-0.1, -0.05) is 302 Å². The van der Waals surface area contributed by atoms with E-state index in [-0.39, 0.29) is 31.1 Å². The number of carbonyl (C=O) groups excluding carboxylic acids is 3. The summed E-state index contributed by atoms with van der Waals surface area (Å²) in [5, 5.41) is 0. The van der Waals surface area contributed by atoms with Gasteiger partial charge in [0.1, 0.15) is 13.2 Å². The maximum atomic E-state index is 12.9. The van der Waals surface area contributed by atoms with Gasteiger partial charge in [0.05, 0.1) is 0 Å². The van der Waals surface area contributed by atoms with E-state index in [0.29, 0.717) is 19.3 Å². The first-order chi connectivity index (χ1) is 36.0. The zero-order valence-corrected chi connectivity index (χ0v) is 49.4. The fourth-order valence-electron chi connectivity index (χ4n) is 9.97. The van der Waals surface area contributed by atoms with Crippen molar-refractivity contribution in [1.29, 1.82) is 0 Å². The van der Waals surface area contributed by atoms with Crippen LogP contribution in [0.4, 0.5) is 0 Å². The summed E-state index contributed by atoms with van der Waals surface area (Å²) in [6.45, 7) is 6.69. The Labute approximate surface area is 455 Å². The molecule has 73 heavy (non-hydrogen) atoms. The van der Waals surface area contributed by atoms with Gasteiger partial charge in [-0.15, -0.1) is 0 Å². The Bertz CT molecular complexity index is 1180. The number of esters is 3. The fourth-order valence-corrected chi connectivity index (χ4v) is 9.97. The van der Waals surface area contributed by atoms with E-state index in [4.69, 9.17) is 14.2 Å². The van der Waals surface area contributed by atoms with E-state index in [0.717, 1.165) is 64.2 Å². The highest BCUT2D eigenvalue weighted by molar-refractivity contribution is 5.71. The third kappa shape index (κ3) is 60.6. The van der Waals surface area contributed by atoms with Crippen LogP contribution in [-0.4, -0.2) is 37.2 Å².